The van der Waals surface area contributed by atoms with Crippen molar-refractivity contribution in [1.29, 1.82) is 0 Å². The third-order valence-corrected chi connectivity index (χ3v) is 1.70. The summed E-state index contributed by atoms with van der Waals surface area (Å²) in [5, 5.41) is 2.64. The van der Waals surface area contributed by atoms with Crippen molar-refractivity contribution in [3.63, 3.8) is 0 Å². The number of carbonyl (C=O) groups excluding carboxylic acids is 2. The molecule has 5 N–H and O–H groups in total. The van der Waals surface area contributed by atoms with Crippen LogP contribution in [0.4, 0.5) is 0 Å². The molecule has 0 heterocycles. The standard InChI is InChI=1S/C8H17N3O2/c1-5(4-9)8(13)11-6(2)3-7(10)12/h5-6H,3-4,9H2,1-2H3,(H2,10,12)(H,11,13). The molecular weight excluding hydrogens is 170 g/mol. The van der Waals surface area contributed by atoms with E-state index in [9.17, 15) is 9.59 Å². The minimum Gasteiger partial charge on any atom is -0.370 e. The molecule has 0 aromatic heterocycles. The Morgan fingerprint density at radius 3 is 2.31 bits per heavy atom. The van der Waals surface area contributed by atoms with Crippen molar-refractivity contribution < 1.29 is 9.59 Å². The summed E-state index contributed by atoms with van der Waals surface area (Å²) in [5.41, 5.74) is 10.3. The zero-order chi connectivity index (χ0) is 10.4. The summed E-state index contributed by atoms with van der Waals surface area (Å²) in [6, 6.07) is -0.223. The first-order valence-corrected chi connectivity index (χ1v) is 4.26. The Morgan fingerprint density at radius 2 is 1.92 bits per heavy atom. The van der Waals surface area contributed by atoms with Crippen LogP contribution in [0.3, 0.4) is 0 Å². The fourth-order valence-corrected chi connectivity index (χ4v) is 0.845. The maximum absolute atomic E-state index is 11.2. The molecule has 0 fully saturated rings. The third-order valence-electron chi connectivity index (χ3n) is 1.70. The lowest BCUT2D eigenvalue weighted by molar-refractivity contribution is -0.125. The zero-order valence-corrected chi connectivity index (χ0v) is 8.04. The van der Waals surface area contributed by atoms with Crippen LogP contribution in [0.25, 0.3) is 0 Å². The van der Waals surface area contributed by atoms with Gasteiger partial charge in [0.2, 0.25) is 11.8 Å². The predicted octanol–water partition coefficient (Wildman–Crippen LogP) is -1.04. The van der Waals surface area contributed by atoms with Crippen molar-refractivity contribution in [1.82, 2.24) is 5.32 Å². The average Bonchev–Trinajstić information content (AvgIpc) is 2.01. The Labute approximate surface area is 77.8 Å². The number of rotatable bonds is 5. The second-order valence-electron chi connectivity index (χ2n) is 3.22. The van der Waals surface area contributed by atoms with Crippen molar-refractivity contribution in [2.24, 2.45) is 17.4 Å². The van der Waals surface area contributed by atoms with Gasteiger partial charge in [-0.2, -0.15) is 0 Å². The van der Waals surface area contributed by atoms with Gasteiger partial charge in [0, 0.05) is 24.9 Å². The molecule has 76 valence electrons. The number of hydrogen-bond donors (Lipinski definition) is 3. The van der Waals surface area contributed by atoms with Gasteiger partial charge in [-0.15, -0.1) is 0 Å². The molecule has 0 aliphatic carbocycles. The molecule has 13 heavy (non-hydrogen) atoms. The highest BCUT2D eigenvalue weighted by atomic mass is 16.2. The Morgan fingerprint density at radius 1 is 1.38 bits per heavy atom. The molecule has 0 bridgehead atoms. The van der Waals surface area contributed by atoms with Crippen LogP contribution in [0.5, 0.6) is 0 Å². The van der Waals surface area contributed by atoms with Crippen molar-refractivity contribution in [2.75, 3.05) is 6.54 Å². The Hall–Kier alpha value is -1.10. The molecule has 0 aliphatic heterocycles. The van der Waals surface area contributed by atoms with E-state index in [4.69, 9.17) is 11.5 Å². The van der Waals surface area contributed by atoms with Crippen LogP contribution in [0.2, 0.25) is 0 Å². The van der Waals surface area contributed by atoms with Crippen LogP contribution in [0.1, 0.15) is 20.3 Å². The summed E-state index contributed by atoms with van der Waals surface area (Å²) < 4.78 is 0. The summed E-state index contributed by atoms with van der Waals surface area (Å²) in [6.07, 6.45) is 0.156. The Bertz CT molecular complexity index is 194. The average molecular weight is 187 g/mol. The maximum atomic E-state index is 11.2. The molecule has 2 atom stereocenters. The number of hydrogen-bond acceptors (Lipinski definition) is 3. The molecule has 5 nitrogen and oxygen atoms in total. The molecule has 0 radical (unpaired) electrons. The van der Waals surface area contributed by atoms with Gasteiger partial charge in [-0.1, -0.05) is 6.92 Å². The van der Waals surface area contributed by atoms with Gasteiger partial charge >= 0.3 is 0 Å². The first kappa shape index (κ1) is 11.9. The van der Waals surface area contributed by atoms with E-state index in [2.05, 4.69) is 5.32 Å². The maximum Gasteiger partial charge on any atom is 0.224 e. The van der Waals surface area contributed by atoms with Crippen LogP contribution in [0, 0.1) is 5.92 Å². The fourth-order valence-electron chi connectivity index (χ4n) is 0.845. The van der Waals surface area contributed by atoms with E-state index in [0.717, 1.165) is 0 Å². The van der Waals surface area contributed by atoms with Crippen molar-refractivity contribution >= 4 is 11.8 Å². The van der Waals surface area contributed by atoms with E-state index in [0.29, 0.717) is 6.54 Å². The third kappa shape index (κ3) is 5.19. The normalized spacial score (nSPS) is 14.7. The van der Waals surface area contributed by atoms with Crippen molar-refractivity contribution in [3.8, 4) is 0 Å². The molecule has 0 aromatic rings. The number of primary amides is 1. The first-order valence-electron chi connectivity index (χ1n) is 4.26. The quantitative estimate of drug-likeness (QED) is 0.512. The topological polar surface area (TPSA) is 98.2 Å². The summed E-state index contributed by atoms with van der Waals surface area (Å²) in [6.45, 7) is 3.76. The minimum atomic E-state index is -0.423. The molecule has 0 saturated heterocycles. The molecular formula is C8H17N3O2. The highest BCUT2D eigenvalue weighted by Crippen LogP contribution is 1.95. The van der Waals surface area contributed by atoms with Crippen molar-refractivity contribution in [3.05, 3.63) is 0 Å². The molecule has 0 spiro atoms. The van der Waals surface area contributed by atoms with Gasteiger partial charge in [0.25, 0.3) is 0 Å². The lowest BCUT2D eigenvalue weighted by atomic mass is 10.1. The van der Waals surface area contributed by atoms with E-state index in [-0.39, 0.29) is 24.3 Å². The van der Waals surface area contributed by atoms with E-state index in [1.165, 1.54) is 0 Å². The fraction of sp³-hybridized carbons (Fsp3) is 0.750. The smallest absolute Gasteiger partial charge is 0.224 e. The number of nitrogens with two attached hydrogens (primary N) is 2. The first-order chi connectivity index (χ1) is 5.97. The highest BCUT2D eigenvalue weighted by Gasteiger charge is 2.14. The molecule has 2 unspecified atom stereocenters. The van der Waals surface area contributed by atoms with E-state index in [1.807, 2.05) is 0 Å². The van der Waals surface area contributed by atoms with Crippen LogP contribution in [-0.4, -0.2) is 24.4 Å². The number of nitrogens with one attached hydrogen (secondary N) is 1. The molecule has 0 rings (SSSR count). The predicted molar refractivity (Wildman–Crippen MR) is 49.6 cm³/mol. The lowest BCUT2D eigenvalue weighted by Gasteiger charge is -2.14. The van der Waals surface area contributed by atoms with Gasteiger partial charge in [0.15, 0.2) is 0 Å². The minimum absolute atomic E-state index is 0.142. The van der Waals surface area contributed by atoms with Gasteiger partial charge < -0.3 is 16.8 Å². The second kappa shape index (κ2) is 5.53. The van der Waals surface area contributed by atoms with Crippen LogP contribution < -0.4 is 16.8 Å². The highest BCUT2D eigenvalue weighted by molar-refractivity contribution is 5.80. The van der Waals surface area contributed by atoms with Gasteiger partial charge in [-0.25, -0.2) is 0 Å². The summed E-state index contributed by atoms with van der Waals surface area (Å²) in [4.78, 5) is 21.7. The summed E-state index contributed by atoms with van der Waals surface area (Å²) in [7, 11) is 0. The zero-order valence-electron chi connectivity index (χ0n) is 8.04. The molecule has 2 amide bonds. The molecule has 0 aromatic carbocycles. The van der Waals surface area contributed by atoms with Crippen LogP contribution in [0.15, 0.2) is 0 Å². The Kier molecular flexibility index (Phi) is 5.06. The van der Waals surface area contributed by atoms with Gasteiger partial charge in [-0.05, 0) is 6.92 Å². The summed E-state index contributed by atoms with van der Waals surface area (Å²) >= 11 is 0. The van der Waals surface area contributed by atoms with Gasteiger partial charge in [0.05, 0.1) is 0 Å². The van der Waals surface area contributed by atoms with Crippen LogP contribution in [-0.2, 0) is 9.59 Å². The number of amides is 2. The van der Waals surface area contributed by atoms with E-state index < -0.39 is 5.91 Å². The largest absolute Gasteiger partial charge is 0.370 e. The van der Waals surface area contributed by atoms with Gasteiger partial charge in [-0.3, -0.25) is 9.59 Å². The number of carbonyl (C=O) groups is 2. The van der Waals surface area contributed by atoms with E-state index in [1.54, 1.807) is 13.8 Å². The SMILES string of the molecule is CC(CC(N)=O)NC(=O)C(C)CN. The lowest BCUT2D eigenvalue weighted by Crippen LogP contribution is -2.40. The molecule has 0 aliphatic rings. The monoisotopic (exact) mass is 187 g/mol. The second-order valence-corrected chi connectivity index (χ2v) is 3.22. The van der Waals surface area contributed by atoms with Crippen molar-refractivity contribution in [2.45, 2.75) is 26.3 Å². The summed E-state index contributed by atoms with van der Waals surface area (Å²) in [5.74, 6) is -0.792. The van der Waals surface area contributed by atoms with Gasteiger partial charge in [0.1, 0.15) is 0 Å². The molecule has 0 saturated carbocycles. The van der Waals surface area contributed by atoms with Crippen LogP contribution >= 0.6 is 0 Å². The Balaban J connectivity index is 3.84. The van der Waals surface area contributed by atoms with E-state index >= 15 is 0 Å². The molecule has 5 heteroatoms.